The predicted octanol–water partition coefficient (Wildman–Crippen LogP) is 5.11. The van der Waals surface area contributed by atoms with Gasteiger partial charge in [-0.1, -0.05) is 49.5 Å². The van der Waals surface area contributed by atoms with Gasteiger partial charge in [-0.25, -0.2) is 0 Å². The third-order valence-corrected chi connectivity index (χ3v) is 5.36. The quantitative estimate of drug-likeness (QED) is 0.432. The van der Waals surface area contributed by atoms with Gasteiger partial charge < -0.3 is 14.8 Å². The van der Waals surface area contributed by atoms with Crippen LogP contribution in [-0.2, 0) is 0 Å². The molecule has 0 saturated heterocycles. The standard InChI is InChI=1S/C22H22N4O2S/c1-3-13-27-16-11-9-15(10-12-16)20-23-18-8-6-5-7-17(18)19-21(28-20)24-22(26-25-19)29-14-4-2/h3,5-12,20,23H,1,4,13-14H2,2H3. The lowest BCUT2D eigenvalue weighted by Gasteiger charge is -2.19. The van der Waals surface area contributed by atoms with E-state index >= 15 is 0 Å². The fourth-order valence-electron chi connectivity index (χ4n) is 2.95. The number of hydrogen-bond donors (Lipinski definition) is 1. The van der Waals surface area contributed by atoms with Gasteiger partial charge >= 0.3 is 0 Å². The van der Waals surface area contributed by atoms with E-state index < -0.39 is 6.23 Å². The summed E-state index contributed by atoms with van der Waals surface area (Å²) in [6, 6.07) is 15.7. The number of ether oxygens (including phenoxy) is 2. The van der Waals surface area contributed by atoms with Crippen LogP contribution >= 0.6 is 11.8 Å². The van der Waals surface area contributed by atoms with E-state index in [1.54, 1.807) is 17.8 Å². The first kappa shape index (κ1) is 19.3. The summed E-state index contributed by atoms with van der Waals surface area (Å²) in [4.78, 5) is 4.63. The van der Waals surface area contributed by atoms with E-state index in [1.165, 1.54) is 0 Å². The molecule has 3 aromatic rings. The predicted molar refractivity (Wildman–Crippen MR) is 115 cm³/mol. The normalized spacial score (nSPS) is 14.6. The van der Waals surface area contributed by atoms with Crippen LogP contribution in [0.5, 0.6) is 11.6 Å². The Labute approximate surface area is 174 Å². The van der Waals surface area contributed by atoms with Gasteiger partial charge in [0.2, 0.25) is 11.0 Å². The number of benzene rings is 2. The zero-order chi connectivity index (χ0) is 20.1. The van der Waals surface area contributed by atoms with E-state index in [-0.39, 0.29) is 0 Å². The molecule has 0 amide bonds. The van der Waals surface area contributed by atoms with Crippen molar-refractivity contribution >= 4 is 17.4 Å². The second kappa shape index (κ2) is 8.96. The Hall–Kier alpha value is -3.06. The fourth-order valence-corrected chi connectivity index (χ4v) is 3.58. The van der Waals surface area contributed by atoms with Crippen LogP contribution in [0.25, 0.3) is 11.3 Å². The number of nitrogens with one attached hydrogen (secondary N) is 1. The van der Waals surface area contributed by atoms with Gasteiger partial charge in [0.25, 0.3) is 0 Å². The van der Waals surface area contributed by atoms with Crippen molar-refractivity contribution in [1.29, 1.82) is 0 Å². The summed E-state index contributed by atoms with van der Waals surface area (Å²) in [5.41, 5.74) is 3.44. The SMILES string of the molecule is C=CCOc1ccc(C2Nc3ccccc3-c3nnc(SCCC)nc3O2)cc1. The lowest BCUT2D eigenvalue weighted by molar-refractivity contribution is 0.225. The van der Waals surface area contributed by atoms with E-state index in [1.807, 2.05) is 48.5 Å². The Bertz CT molecular complexity index is 994. The summed E-state index contributed by atoms with van der Waals surface area (Å²) in [6.07, 6.45) is 2.35. The van der Waals surface area contributed by atoms with Gasteiger partial charge in [-0.3, -0.25) is 0 Å². The number of aromatic nitrogens is 3. The van der Waals surface area contributed by atoms with Gasteiger partial charge in [0.15, 0.2) is 11.9 Å². The summed E-state index contributed by atoms with van der Waals surface area (Å²) in [7, 11) is 0. The zero-order valence-electron chi connectivity index (χ0n) is 16.2. The molecule has 1 aliphatic heterocycles. The fraction of sp³-hybridized carbons (Fsp3) is 0.227. The molecule has 2 aromatic carbocycles. The average molecular weight is 407 g/mol. The van der Waals surface area contributed by atoms with E-state index in [0.717, 1.165) is 34.7 Å². The van der Waals surface area contributed by atoms with Crippen molar-refractivity contribution in [3.63, 3.8) is 0 Å². The minimum absolute atomic E-state index is 0.411. The molecule has 1 N–H and O–H groups in total. The number of anilines is 1. The molecule has 0 aliphatic carbocycles. The summed E-state index contributed by atoms with van der Waals surface area (Å²) in [6.45, 7) is 6.27. The summed E-state index contributed by atoms with van der Waals surface area (Å²) >= 11 is 1.58. The van der Waals surface area contributed by atoms with E-state index in [9.17, 15) is 0 Å². The minimum atomic E-state index is -0.411. The molecule has 0 bridgehead atoms. The third-order valence-electron chi connectivity index (χ3n) is 4.32. The van der Waals surface area contributed by atoms with Crippen molar-refractivity contribution in [3.05, 3.63) is 66.7 Å². The monoisotopic (exact) mass is 406 g/mol. The van der Waals surface area contributed by atoms with Gasteiger partial charge in [0.05, 0.1) is 0 Å². The summed E-state index contributed by atoms with van der Waals surface area (Å²) in [5.74, 6) is 2.20. The second-order valence-electron chi connectivity index (χ2n) is 6.45. The highest BCUT2D eigenvalue weighted by Gasteiger charge is 2.26. The number of fused-ring (bicyclic) bond motifs is 3. The first-order valence-electron chi connectivity index (χ1n) is 9.52. The zero-order valence-corrected chi connectivity index (χ0v) is 17.0. The van der Waals surface area contributed by atoms with Crippen LogP contribution in [0.1, 0.15) is 25.1 Å². The maximum atomic E-state index is 6.27. The van der Waals surface area contributed by atoms with Gasteiger partial charge in [-0.15, -0.1) is 10.2 Å². The number of hydrogen-bond acceptors (Lipinski definition) is 7. The van der Waals surface area contributed by atoms with E-state index in [2.05, 4.69) is 34.0 Å². The van der Waals surface area contributed by atoms with Crippen molar-refractivity contribution in [2.75, 3.05) is 17.7 Å². The Kier molecular flexibility index (Phi) is 5.95. The van der Waals surface area contributed by atoms with Crippen molar-refractivity contribution < 1.29 is 9.47 Å². The first-order chi connectivity index (χ1) is 14.3. The lowest BCUT2D eigenvalue weighted by atomic mass is 10.1. The maximum Gasteiger partial charge on any atom is 0.247 e. The van der Waals surface area contributed by atoms with Crippen LogP contribution in [0.15, 0.2) is 66.3 Å². The molecular weight excluding hydrogens is 384 g/mol. The van der Waals surface area contributed by atoms with Crippen molar-refractivity contribution in [2.24, 2.45) is 0 Å². The number of para-hydroxylation sites is 1. The molecule has 29 heavy (non-hydrogen) atoms. The Balaban J connectivity index is 1.68. The van der Waals surface area contributed by atoms with Crippen LogP contribution in [0, 0.1) is 0 Å². The molecule has 1 aromatic heterocycles. The number of nitrogens with zero attached hydrogens (tertiary/aromatic N) is 3. The highest BCUT2D eigenvalue weighted by molar-refractivity contribution is 7.99. The van der Waals surface area contributed by atoms with E-state index in [0.29, 0.717) is 23.3 Å². The topological polar surface area (TPSA) is 69.2 Å². The number of rotatable bonds is 7. The van der Waals surface area contributed by atoms with Crippen LogP contribution < -0.4 is 14.8 Å². The van der Waals surface area contributed by atoms with Crippen molar-refractivity contribution in [2.45, 2.75) is 24.7 Å². The molecule has 1 atom stereocenters. The van der Waals surface area contributed by atoms with Crippen LogP contribution in [0.4, 0.5) is 5.69 Å². The molecule has 7 heteroatoms. The van der Waals surface area contributed by atoms with Crippen LogP contribution in [0.3, 0.4) is 0 Å². The highest BCUT2D eigenvalue weighted by atomic mass is 32.2. The molecule has 1 unspecified atom stereocenters. The molecule has 0 spiro atoms. The molecule has 1 aliphatic rings. The molecule has 6 nitrogen and oxygen atoms in total. The molecule has 0 fully saturated rings. The van der Waals surface area contributed by atoms with Gasteiger partial charge in [-0.05, 0) is 36.8 Å². The van der Waals surface area contributed by atoms with Crippen molar-refractivity contribution in [3.8, 4) is 22.9 Å². The van der Waals surface area contributed by atoms with Gasteiger partial charge in [-0.2, -0.15) is 4.98 Å². The Morgan fingerprint density at radius 1 is 1.17 bits per heavy atom. The Morgan fingerprint density at radius 2 is 2.00 bits per heavy atom. The third kappa shape index (κ3) is 4.35. The minimum Gasteiger partial charge on any atom is -0.490 e. The summed E-state index contributed by atoms with van der Waals surface area (Å²) < 4.78 is 11.8. The molecular formula is C22H22N4O2S. The first-order valence-corrected chi connectivity index (χ1v) is 10.5. The molecule has 4 rings (SSSR count). The highest BCUT2D eigenvalue weighted by Crippen LogP contribution is 2.39. The molecule has 0 radical (unpaired) electrons. The smallest absolute Gasteiger partial charge is 0.247 e. The van der Waals surface area contributed by atoms with Crippen molar-refractivity contribution in [1.82, 2.24) is 15.2 Å². The van der Waals surface area contributed by atoms with Crippen LogP contribution in [0.2, 0.25) is 0 Å². The van der Waals surface area contributed by atoms with Gasteiger partial charge in [0, 0.05) is 22.6 Å². The molecule has 2 heterocycles. The lowest BCUT2D eigenvalue weighted by Crippen LogP contribution is -2.17. The molecule has 0 saturated carbocycles. The van der Waals surface area contributed by atoms with E-state index in [4.69, 9.17) is 9.47 Å². The summed E-state index contributed by atoms with van der Waals surface area (Å²) in [5, 5.41) is 12.8. The second-order valence-corrected chi connectivity index (χ2v) is 7.52. The Morgan fingerprint density at radius 3 is 2.79 bits per heavy atom. The average Bonchev–Trinajstić information content (AvgIpc) is 2.93. The van der Waals surface area contributed by atoms with Gasteiger partial charge in [0.1, 0.15) is 12.4 Å². The maximum absolute atomic E-state index is 6.27. The largest absolute Gasteiger partial charge is 0.490 e. The van der Waals surface area contributed by atoms with Crippen LogP contribution in [-0.4, -0.2) is 27.5 Å². The molecule has 148 valence electrons. The number of thioether (sulfide) groups is 1.